The van der Waals surface area contributed by atoms with Gasteiger partial charge in [-0.3, -0.25) is 9.59 Å². The summed E-state index contributed by atoms with van der Waals surface area (Å²) in [7, 11) is 0. The molecule has 0 atom stereocenters. The third-order valence-electron chi connectivity index (χ3n) is 5.73. The van der Waals surface area contributed by atoms with E-state index in [1.807, 2.05) is 0 Å². The van der Waals surface area contributed by atoms with Crippen molar-refractivity contribution in [3.63, 3.8) is 0 Å². The molecule has 0 unspecified atom stereocenters. The van der Waals surface area contributed by atoms with Crippen LogP contribution in [0.1, 0.15) is 23.0 Å². The van der Waals surface area contributed by atoms with Gasteiger partial charge in [0, 0.05) is 35.1 Å². The predicted octanol–water partition coefficient (Wildman–Crippen LogP) is 1.52. The van der Waals surface area contributed by atoms with E-state index in [2.05, 4.69) is 0 Å². The van der Waals surface area contributed by atoms with Crippen LogP contribution in [-0.2, 0) is 9.59 Å². The molecule has 38 heavy (non-hydrogen) atoms. The summed E-state index contributed by atoms with van der Waals surface area (Å²) in [6.45, 7) is 0. The number of carbonyl (C=O) groups excluding carboxylic acids is 2. The number of anilines is 2. The molecule has 0 aromatic heterocycles. The summed E-state index contributed by atoms with van der Waals surface area (Å²) in [6.07, 6.45) is -15.1. The zero-order valence-electron chi connectivity index (χ0n) is 18.1. The van der Waals surface area contributed by atoms with E-state index in [4.69, 9.17) is 0 Å². The number of phenolic OH excluding ortho intramolecular Hbond substituents is 6. The molecule has 3 rings (SSSR count). The number of amides is 2. The van der Waals surface area contributed by atoms with E-state index in [1.165, 1.54) is 0 Å². The third kappa shape index (κ3) is 4.70. The Labute approximate surface area is 205 Å². The molecule has 0 bridgehead atoms. The van der Waals surface area contributed by atoms with Crippen LogP contribution in [0, 0.1) is 0 Å². The van der Waals surface area contributed by atoms with Crippen molar-refractivity contribution in [3.8, 4) is 34.5 Å². The van der Waals surface area contributed by atoms with Crippen molar-refractivity contribution >= 4 is 23.2 Å². The summed E-state index contributed by atoms with van der Waals surface area (Å²) in [5, 5.41) is 84.0. The lowest BCUT2D eigenvalue weighted by atomic mass is 9.62. The number of nitrogens with one attached hydrogen (secondary N) is 2. The summed E-state index contributed by atoms with van der Waals surface area (Å²) in [6, 6.07) is 0.710. The van der Waals surface area contributed by atoms with Gasteiger partial charge in [-0.05, 0) is 0 Å². The lowest BCUT2D eigenvalue weighted by Gasteiger charge is -2.47. The molecule has 0 radical (unpaired) electrons. The SMILES string of the molecule is O=C(Nc1c(O)cc(O)c(C2C(O)C(c3c(O)cc(O)c(NC(=O)C(F)(F)F)c3O)C2O)c1O)C(F)(F)F. The zero-order valence-corrected chi connectivity index (χ0v) is 18.1. The van der Waals surface area contributed by atoms with Crippen LogP contribution in [0.4, 0.5) is 37.7 Å². The molecule has 1 saturated carbocycles. The van der Waals surface area contributed by atoms with Crippen LogP contribution in [0.25, 0.3) is 0 Å². The molecule has 208 valence electrons. The minimum atomic E-state index is -5.48. The lowest BCUT2D eigenvalue weighted by molar-refractivity contribution is -0.167. The van der Waals surface area contributed by atoms with Crippen molar-refractivity contribution in [3.05, 3.63) is 23.3 Å². The monoisotopic (exact) mass is 558 g/mol. The first-order valence-electron chi connectivity index (χ1n) is 9.97. The van der Waals surface area contributed by atoms with Gasteiger partial charge in [-0.25, -0.2) is 0 Å². The molecule has 12 nitrogen and oxygen atoms in total. The van der Waals surface area contributed by atoms with E-state index in [0.717, 1.165) is 10.6 Å². The van der Waals surface area contributed by atoms with E-state index in [1.54, 1.807) is 0 Å². The summed E-state index contributed by atoms with van der Waals surface area (Å²) >= 11 is 0. The Hall–Kier alpha value is -4.32. The van der Waals surface area contributed by atoms with Crippen LogP contribution in [0.5, 0.6) is 34.5 Å². The molecule has 0 spiro atoms. The molecular weight excluding hydrogens is 542 g/mol. The van der Waals surface area contributed by atoms with E-state index in [0.29, 0.717) is 12.1 Å². The molecular formula is C20H16F6N2O10. The van der Waals surface area contributed by atoms with Gasteiger partial charge in [0.1, 0.15) is 45.9 Å². The predicted molar refractivity (Wildman–Crippen MR) is 110 cm³/mol. The van der Waals surface area contributed by atoms with Crippen LogP contribution in [0.2, 0.25) is 0 Å². The van der Waals surface area contributed by atoms with Crippen LogP contribution in [-0.4, -0.2) is 77.2 Å². The van der Waals surface area contributed by atoms with Crippen LogP contribution in [0.3, 0.4) is 0 Å². The highest BCUT2D eigenvalue weighted by Crippen LogP contribution is 2.59. The Kier molecular flexibility index (Phi) is 6.85. The minimum absolute atomic E-state index is 0.355. The van der Waals surface area contributed by atoms with Gasteiger partial charge in [-0.2, -0.15) is 26.3 Å². The van der Waals surface area contributed by atoms with Crippen molar-refractivity contribution < 1.29 is 76.8 Å². The van der Waals surface area contributed by atoms with Crippen molar-refractivity contribution in [2.75, 3.05) is 10.6 Å². The number of aliphatic hydroxyl groups is 2. The van der Waals surface area contributed by atoms with Gasteiger partial charge in [0.2, 0.25) is 0 Å². The molecule has 1 aliphatic carbocycles. The zero-order chi connectivity index (χ0) is 29.1. The number of aromatic hydroxyl groups is 6. The van der Waals surface area contributed by atoms with Crippen LogP contribution >= 0.6 is 0 Å². The third-order valence-corrected chi connectivity index (χ3v) is 5.73. The van der Waals surface area contributed by atoms with Gasteiger partial charge < -0.3 is 51.5 Å². The maximum Gasteiger partial charge on any atom is 0.471 e. The van der Waals surface area contributed by atoms with Crippen molar-refractivity contribution in [2.24, 2.45) is 0 Å². The summed E-state index contributed by atoms with van der Waals surface area (Å²) in [5.41, 5.74) is -4.34. The molecule has 0 heterocycles. The lowest BCUT2D eigenvalue weighted by Crippen LogP contribution is -2.51. The summed E-state index contributed by atoms with van der Waals surface area (Å²) in [4.78, 5) is 22.5. The molecule has 2 aromatic carbocycles. The number of phenols is 6. The number of aliphatic hydroxyl groups excluding tert-OH is 2. The second-order valence-electron chi connectivity index (χ2n) is 8.04. The van der Waals surface area contributed by atoms with E-state index in [-0.39, 0.29) is 0 Å². The van der Waals surface area contributed by atoms with Crippen molar-refractivity contribution in [1.29, 1.82) is 0 Å². The summed E-state index contributed by atoms with van der Waals surface area (Å²) < 4.78 is 75.6. The largest absolute Gasteiger partial charge is 0.507 e. The number of halogens is 6. The normalized spacial score (nSPS) is 21.5. The fourth-order valence-electron chi connectivity index (χ4n) is 3.97. The van der Waals surface area contributed by atoms with Gasteiger partial charge >= 0.3 is 24.2 Å². The Bertz CT molecular complexity index is 1210. The van der Waals surface area contributed by atoms with Crippen molar-refractivity contribution in [1.82, 2.24) is 0 Å². The fraction of sp³-hybridized carbons (Fsp3) is 0.300. The van der Waals surface area contributed by atoms with Crippen LogP contribution < -0.4 is 10.6 Å². The second kappa shape index (κ2) is 9.21. The maximum atomic E-state index is 12.6. The van der Waals surface area contributed by atoms with Gasteiger partial charge in [0.25, 0.3) is 0 Å². The first-order chi connectivity index (χ1) is 17.3. The molecule has 0 saturated heterocycles. The number of hydrogen-bond donors (Lipinski definition) is 10. The number of hydrogen-bond acceptors (Lipinski definition) is 10. The highest BCUT2D eigenvalue weighted by molar-refractivity contribution is 5.99. The van der Waals surface area contributed by atoms with Gasteiger partial charge in [-0.15, -0.1) is 0 Å². The standard InChI is InChI=1S/C20H16F6N2O10/c21-19(22,23)17(37)27-11-5(31)1-3(29)7(15(11)35)9-13(33)10(14(9)34)8-4(30)2-6(32)12(16(8)36)28-18(38)20(24,25)26/h1-2,9-10,13-14,29-36H,(H,27,37)(H,28,38). The molecule has 1 fully saturated rings. The smallest absolute Gasteiger partial charge is 0.471 e. The maximum absolute atomic E-state index is 12.6. The molecule has 18 heteroatoms. The molecule has 10 N–H and O–H groups in total. The average molecular weight is 558 g/mol. The topological polar surface area (TPSA) is 220 Å². The van der Waals surface area contributed by atoms with Gasteiger partial charge in [0.15, 0.2) is 0 Å². The number of carbonyl (C=O) groups is 2. The fourth-order valence-corrected chi connectivity index (χ4v) is 3.97. The number of rotatable bonds is 4. The first-order valence-corrected chi connectivity index (χ1v) is 9.97. The Morgan fingerprint density at radius 1 is 0.605 bits per heavy atom. The molecule has 0 aliphatic heterocycles. The number of benzene rings is 2. The number of alkyl halides is 6. The molecule has 2 amide bonds. The first kappa shape index (κ1) is 28.3. The van der Waals surface area contributed by atoms with Gasteiger partial charge in [0.05, 0.1) is 12.2 Å². The van der Waals surface area contributed by atoms with E-state index < -0.39 is 105 Å². The Morgan fingerprint density at radius 3 is 1.16 bits per heavy atom. The Morgan fingerprint density at radius 2 is 0.895 bits per heavy atom. The molecule has 1 aliphatic rings. The van der Waals surface area contributed by atoms with Gasteiger partial charge in [-0.1, -0.05) is 0 Å². The van der Waals surface area contributed by atoms with E-state index >= 15 is 0 Å². The molecule has 2 aromatic rings. The Balaban J connectivity index is 2.03. The summed E-state index contributed by atoms with van der Waals surface area (Å²) in [5.74, 6) is -16.5. The average Bonchev–Trinajstić information content (AvgIpc) is 2.77. The second-order valence-corrected chi connectivity index (χ2v) is 8.04. The van der Waals surface area contributed by atoms with E-state index in [9.17, 15) is 76.8 Å². The highest BCUT2D eigenvalue weighted by atomic mass is 19.4. The van der Waals surface area contributed by atoms with Crippen LogP contribution in [0.15, 0.2) is 12.1 Å². The van der Waals surface area contributed by atoms with Crippen molar-refractivity contribution in [2.45, 2.75) is 36.4 Å². The minimum Gasteiger partial charge on any atom is -0.507 e. The quantitative estimate of drug-likeness (QED) is 0.148. The highest BCUT2D eigenvalue weighted by Gasteiger charge is 2.55.